The zero-order valence-electron chi connectivity index (χ0n) is 10.1. The summed E-state index contributed by atoms with van der Waals surface area (Å²) in [6.45, 7) is 4.72. The van der Waals surface area contributed by atoms with Gasteiger partial charge >= 0.3 is 5.97 Å². The Kier molecular flexibility index (Phi) is 5.74. The highest BCUT2D eigenvalue weighted by Gasteiger charge is 2.14. The molecule has 0 spiro atoms. The lowest BCUT2D eigenvalue weighted by Crippen LogP contribution is -2.13. The van der Waals surface area contributed by atoms with Crippen molar-refractivity contribution in [3.8, 4) is 0 Å². The van der Waals surface area contributed by atoms with Crippen LogP contribution in [0.5, 0.6) is 0 Å². The number of carbonyl (C=O) groups excluding carboxylic acids is 1. The number of hydrogen-bond acceptors (Lipinski definition) is 2. The lowest BCUT2D eigenvalue weighted by Gasteiger charge is -2.21. The highest BCUT2D eigenvalue weighted by atomic mass is 16.5. The summed E-state index contributed by atoms with van der Waals surface area (Å²) in [5.74, 6) is 1.19. The molecule has 15 heavy (non-hydrogen) atoms. The molecule has 1 aliphatic rings. The van der Waals surface area contributed by atoms with E-state index >= 15 is 0 Å². The summed E-state index contributed by atoms with van der Waals surface area (Å²) in [4.78, 5) is 11.3. The highest BCUT2D eigenvalue weighted by Crippen LogP contribution is 2.26. The van der Waals surface area contributed by atoms with Crippen molar-refractivity contribution in [1.82, 2.24) is 0 Å². The van der Waals surface area contributed by atoms with Gasteiger partial charge in [-0.25, -0.2) is 0 Å². The average molecular weight is 212 g/mol. The smallest absolute Gasteiger partial charge is 0.306 e. The number of carbonyl (C=O) groups is 1. The molecule has 0 bridgehead atoms. The van der Waals surface area contributed by atoms with Gasteiger partial charge in [0.1, 0.15) is 0 Å². The van der Waals surface area contributed by atoms with Crippen LogP contribution < -0.4 is 0 Å². The summed E-state index contributed by atoms with van der Waals surface area (Å²) in [5, 5.41) is 0. The van der Waals surface area contributed by atoms with Crippen LogP contribution in [0.3, 0.4) is 0 Å². The molecule has 2 heteroatoms. The van der Waals surface area contributed by atoms with Crippen LogP contribution in [0.4, 0.5) is 0 Å². The first kappa shape index (κ1) is 12.5. The topological polar surface area (TPSA) is 26.3 Å². The number of hydrogen-bond donors (Lipinski definition) is 0. The van der Waals surface area contributed by atoms with E-state index in [1.165, 1.54) is 32.1 Å². The quantitative estimate of drug-likeness (QED) is 0.651. The van der Waals surface area contributed by atoms with Crippen LogP contribution >= 0.6 is 0 Å². The summed E-state index contributed by atoms with van der Waals surface area (Å²) in [5.41, 5.74) is 0. The molecule has 0 atom stereocenters. The summed E-state index contributed by atoms with van der Waals surface area (Å²) in [7, 11) is 0. The van der Waals surface area contributed by atoms with Gasteiger partial charge < -0.3 is 4.74 Å². The fourth-order valence-electron chi connectivity index (χ4n) is 2.21. The molecule has 1 aliphatic carbocycles. The van der Waals surface area contributed by atoms with Crippen molar-refractivity contribution < 1.29 is 9.53 Å². The third-order valence-electron chi connectivity index (χ3n) is 3.09. The molecule has 0 aromatic rings. The zero-order valence-corrected chi connectivity index (χ0v) is 10.1. The van der Waals surface area contributed by atoms with E-state index in [9.17, 15) is 4.79 Å². The van der Waals surface area contributed by atoms with Gasteiger partial charge in [-0.3, -0.25) is 4.79 Å². The summed E-state index contributed by atoms with van der Waals surface area (Å²) in [6.07, 6.45) is 8.43. The minimum atomic E-state index is -0.0270. The minimum absolute atomic E-state index is 0.0270. The van der Waals surface area contributed by atoms with Gasteiger partial charge in [0.05, 0.1) is 6.61 Å². The van der Waals surface area contributed by atoms with E-state index in [0.29, 0.717) is 18.9 Å². The van der Waals surface area contributed by atoms with E-state index in [0.717, 1.165) is 12.3 Å². The van der Waals surface area contributed by atoms with Crippen molar-refractivity contribution in [2.45, 2.75) is 58.8 Å². The second kappa shape index (κ2) is 6.86. The average Bonchev–Trinajstić information content (AvgIpc) is 2.18. The molecule has 1 saturated carbocycles. The van der Waals surface area contributed by atoms with E-state index < -0.39 is 0 Å². The lowest BCUT2D eigenvalue weighted by molar-refractivity contribution is -0.144. The normalized spacial score (nSPS) is 18.1. The standard InChI is InChI=1S/C13H24O2/c1-11(2)10-13(14)15-9-8-12-6-4-3-5-7-12/h11-12H,3-10H2,1-2H3. The van der Waals surface area contributed by atoms with E-state index in [-0.39, 0.29) is 5.97 Å². The van der Waals surface area contributed by atoms with Crippen LogP contribution in [0.25, 0.3) is 0 Å². The molecule has 0 N–H and O–H groups in total. The van der Waals surface area contributed by atoms with Gasteiger partial charge in [-0.2, -0.15) is 0 Å². The monoisotopic (exact) mass is 212 g/mol. The molecular weight excluding hydrogens is 188 g/mol. The first-order chi connectivity index (χ1) is 7.18. The maximum absolute atomic E-state index is 11.3. The number of rotatable bonds is 5. The first-order valence-corrected chi connectivity index (χ1v) is 6.34. The molecule has 0 heterocycles. The van der Waals surface area contributed by atoms with Crippen LogP contribution in [0.2, 0.25) is 0 Å². The van der Waals surface area contributed by atoms with Crippen molar-refractivity contribution in [2.75, 3.05) is 6.61 Å². The Morgan fingerprint density at radius 2 is 1.93 bits per heavy atom. The maximum atomic E-state index is 11.3. The highest BCUT2D eigenvalue weighted by molar-refractivity contribution is 5.69. The molecule has 88 valence electrons. The van der Waals surface area contributed by atoms with Crippen molar-refractivity contribution in [3.63, 3.8) is 0 Å². The molecule has 0 aromatic carbocycles. The molecule has 0 unspecified atom stereocenters. The van der Waals surface area contributed by atoms with E-state index in [2.05, 4.69) is 0 Å². The Balaban J connectivity index is 2.02. The van der Waals surface area contributed by atoms with Gasteiger partial charge in [0, 0.05) is 6.42 Å². The predicted molar refractivity (Wildman–Crippen MR) is 61.6 cm³/mol. The Morgan fingerprint density at radius 1 is 1.27 bits per heavy atom. The van der Waals surface area contributed by atoms with Crippen LogP contribution in [-0.4, -0.2) is 12.6 Å². The number of ether oxygens (including phenoxy) is 1. The van der Waals surface area contributed by atoms with Gasteiger partial charge in [-0.05, 0) is 18.3 Å². The molecule has 0 aromatic heterocycles. The molecule has 0 amide bonds. The van der Waals surface area contributed by atoms with Gasteiger partial charge in [0.25, 0.3) is 0 Å². The molecule has 0 saturated heterocycles. The minimum Gasteiger partial charge on any atom is -0.466 e. The first-order valence-electron chi connectivity index (χ1n) is 6.34. The predicted octanol–water partition coefficient (Wildman–Crippen LogP) is 3.55. The van der Waals surface area contributed by atoms with Crippen molar-refractivity contribution in [1.29, 1.82) is 0 Å². The second-order valence-corrected chi connectivity index (χ2v) is 5.11. The van der Waals surface area contributed by atoms with Crippen LogP contribution in [0.1, 0.15) is 58.8 Å². The van der Waals surface area contributed by atoms with E-state index in [1.54, 1.807) is 0 Å². The Morgan fingerprint density at radius 3 is 2.53 bits per heavy atom. The molecule has 0 radical (unpaired) electrons. The summed E-state index contributed by atoms with van der Waals surface area (Å²) >= 11 is 0. The fraction of sp³-hybridized carbons (Fsp3) is 0.923. The molecular formula is C13H24O2. The lowest BCUT2D eigenvalue weighted by atomic mass is 9.87. The third-order valence-corrected chi connectivity index (χ3v) is 3.09. The van der Waals surface area contributed by atoms with E-state index in [4.69, 9.17) is 4.74 Å². The Bertz CT molecular complexity index is 181. The van der Waals surface area contributed by atoms with Gasteiger partial charge in [0.2, 0.25) is 0 Å². The van der Waals surface area contributed by atoms with Crippen LogP contribution in [0, 0.1) is 11.8 Å². The second-order valence-electron chi connectivity index (χ2n) is 5.11. The van der Waals surface area contributed by atoms with Crippen molar-refractivity contribution in [2.24, 2.45) is 11.8 Å². The molecule has 2 nitrogen and oxygen atoms in total. The van der Waals surface area contributed by atoms with Gasteiger partial charge in [-0.1, -0.05) is 46.0 Å². The summed E-state index contributed by atoms with van der Waals surface area (Å²) in [6, 6.07) is 0. The van der Waals surface area contributed by atoms with Crippen molar-refractivity contribution >= 4 is 5.97 Å². The van der Waals surface area contributed by atoms with Crippen LogP contribution in [0.15, 0.2) is 0 Å². The molecule has 1 rings (SSSR count). The fourth-order valence-corrected chi connectivity index (χ4v) is 2.21. The van der Waals surface area contributed by atoms with Gasteiger partial charge in [0.15, 0.2) is 0 Å². The zero-order chi connectivity index (χ0) is 11.1. The Labute approximate surface area is 93.4 Å². The molecule has 0 aliphatic heterocycles. The van der Waals surface area contributed by atoms with Crippen molar-refractivity contribution in [3.05, 3.63) is 0 Å². The largest absolute Gasteiger partial charge is 0.466 e. The van der Waals surface area contributed by atoms with Crippen LogP contribution in [-0.2, 0) is 9.53 Å². The Hall–Kier alpha value is -0.530. The van der Waals surface area contributed by atoms with E-state index in [1.807, 2.05) is 13.8 Å². The molecule has 1 fully saturated rings. The SMILES string of the molecule is CC(C)CC(=O)OCCC1CCCCC1. The summed E-state index contributed by atoms with van der Waals surface area (Å²) < 4.78 is 5.22. The third kappa shape index (κ3) is 5.81. The maximum Gasteiger partial charge on any atom is 0.306 e. The van der Waals surface area contributed by atoms with Gasteiger partial charge in [-0.15, -0.1) is 0 Å². The number of esters is 1.